The quantitative estimate of drug-likeness (QED) is 0.361. The van der Waals surface area contributed by atoms with Crippen molar-refractivity contribution in [3.8, 4) is 0 Å². The van der Waals surface area contributed by atoms with Crippen molar-refractivity contribution >= 4 is 5.97 Å². The van der Waals surface area contributed by atoms with E-state index in [1.165, 1.54) is 0 Å². The first kappa shape index (κ1) is 15.8. The maximum atomic E-state index is 9.00. The topological polar surface area (TPSA) is 37.3 Å². The van der Waals surface area contributed by atoms with E-state index < -0.39 is 5.97 Å². The largest absolute Gasteiger partial charge is 1.00 e. The molecule has 0 aliphatic heterocycles. The second-order valence-electron chi connectivity index (χ2n) is 0.519. The van der Waals surface area contributed by atoms with Crippen molar-refractivity contribution in [2.75, 3.05) is 0 Å². The molecule has 2 nitrogen and oxygen atoms in total. The Hall–Kier alpha value is 0.950. The van der Waals surface area contributed by atoms with Gasteiger partial charge in [-0.15, -0.1) is 0 Å². The van der Waals surface area contributed by atoms with Crippen LogP contribution in [0, 0.1) is 0 Å². The van der Waals surface area contributed by atoms with Crippen molar-refractivity contribution < 1.29 is 56.4 Å². The second-order valence-corrected chi connectivity index (χ2v) is 0.519. The third kappa shape index (κ3) is 85.6. The first-order chi connectivity index (χ1) is 1.73. The van der Waals surface area contributed by atoms with E-state index in [1.54, 1.807) is 0 Å². The summed E-state index contributed by atoms with van der Waals surface area (Å²) in [6.45, 7) is 1.08. The Morgan fingerprint density at radius 2 is 1.67 bits per heavy atom. The van der Waals surface area contributed by atoms with Gasteiger partial charge in [-0.25, -0.2) is 0 Å². The third-order valence-corrected chi connectivity index (χ3v) is 0. The number of carboxylic acid groups (broad SMARTS) is 1. The molecule has 0 aliphatic rings. The van der Waals surface area contributed by atoms with Gasteiger partial charge in [-0.1, -0.05) is 0 Å². The van der Waals surface area contributed by atoms with Crippen LogP contribution in [0.5, 0.6) is 0 Å². The van der Waals surface area contributed by atoms with Gasteiger partial charge in [0.05, 0.1) is 0 Å². The van der Waals surface area contributed by atoms with Gasteiger partial charge < -0.3 is 22.1 Å². The molecule has 0 aromatic heterocycles. The van der Waals surface area contributed by atoms with Gasteiger partial charge in [0, 0.05) is 6.92 Å². The van der Waals surface area contributed by atoms with Gasteiger partial charge in [0.1, 0.15) is 0 Å². The van der Waals surface area contributed by atoms with Crippen molar-refractivity contribution in [1.82, 2.24) is 0 Å². The molecule has 0 bridgehead atoms. The summed E-state index contributed by atoms with van der Waals surface area (Å²) in [5, 5.41) is 7.42. The molecule has 0 rings (SSSR count). The van der Waals surface area contributed by atoms with E-state index in [0.717, 1.165) is 6.92 Å². The molecule has 0 atom stereocenters. The number of rotatable bonds is 0. The molecule has 0 radical (unpaired) electrons. The molecule has 0 saturated heterocycles. The number of aliphatic carboxylic acids is 1. The smallest absolute Gasteiger partial charge is 1.00 e. The number of hydrogen-bond acceptors (Lipinski definition) is 1. The van der Waals surface area contributed by atoms with E-state index in [9.17, 15) is 0 Å². The van der Waals surface area contributed by atoms with Gasteiger partial charge in [0.25, 0.3) is 5.97 Å². The van der Waals surface area contributed by atoms with Crippen LogP contribution in [0.15, 0.2) is 0 Å². The van der Waals surface area contributed by atoms with Crippen LogP contribution >= 0.6 is 0 Å². The molecule has 0 aromatic carbocycles. The summed E-state index contributed by atoms with van der Waals surface area (Å²) >= 11 is 0. The standard InChI is InChI=1S/C2H4O2.BrH.Na/c1-2(3)4;;/h1H3,(H,3,4);1H;/q;;+1/p-1. The number of carboxylic acids is 1. The third-order valence-electron chi connectivity index (χ3n) is 0. The zero-order valence-electron chi connectivity index (χ0n) is 3.73. The molecule has 0 unspecified atom stereocenters. The van der Waals surface area contributed by atoms with E-state index in [2.05, 4.69) is 0 Å². The predicted molar refractivity (Wildman–Crippen MR) is 13.3 cm³/mol. The van der Waals surface area contributed by atoms with Crippen LogP contribution in [-0.4, -0.2) is 11.1 Å². The average molecular weight is 163 g/mol. The van der Waals surface area contributed by atoms with Crippen LogP contribution in [0.4, 0.5) is 0 Å². The average Bonchev–Trinajstić information content (AvgIpc) is 0.811. The molecule has 0 fully saturated rings. The number of hydrogen-bond donors (Lipinski definition) is 1. The molecule has 4 heteroatoms. The van der Waals surface area contributed by atoms with Gasteiger partial charge in [-0.05, 0) is 0 Å². The molecule has 0 aliphatic carbocycles. The van der Waals surface area contributed by atoms with Crippen molar-refractivity contribution in [2.24, 2.45) is 0 Å². The van der Waals surface area contributed by atoms with Gasteiger partial charge >= 0.3 is 29.6 Å². The maximum absolute atomic E-state index is 9.00. The first-order valence-corrected chi connectivity index (χ1v) is 0.928. The summed E-state index contributed by atoms with van der Waals surface area (Å²) in [6, 6.07) is 0. The van der Waals surface area contributed by atoms with E-state index in [1.807, 2.05) is 0 Å². The summed E-state index contributed by atoms with van der Waals surface area (Å²) in [4.78, 5) is 9.00. The van der Waals surface area contributed by atoms with E-state index in [-0.39, 0.29) is 46.5 Å². The summed E-state index contributed by atoms with van der Waals surface area (Å²) in [5.74, 6) is -0.833. The van der Waals surface area contributed by atoms with E-state index in [4.69, 9.17) is 9.90 Å². The zero-order chi connectivity index (χ0) is 3.58. The summed E-state index contributed by atoms with van der Waals surface area (Å²) in [6.07, 6.45) is 0. The van der Waals surface area contributed by atoms with Crippen LogP contribution < -0.4 is 46.5 Å². The molecule has 0 saturated carbocycles. The molecular weight excluding hydrogens is 159 g/mol. The van der Waals surface area contributed by atoms with Crippen LogP contribution in [-0.2, 0) is 4.79 Å². The number of carbonyl (C=O) groups is 1. The van der Waals surface area contributed by atoms with Crippen LogP contribution in [0.3, 0.4) is 0 Å². The fraction of sp³-hybridized carbons (Fsp3) is 0.500. The fourth-order valence-corrected chi connectivity index (χ4v) is 0. The van der Waals surface area contributed by atoms with E-state index >= 15 is 0 Å². The maximum Gasteiger partial charge on any atom is 1.00 e. The molecule has 1 N–H and O–H groups in total. The van der Waals surface area contributed by atoms with Crippen molar-refractivity contribution in [1.29, 1.82) is 0 Å². The van der Waals surface area contributed by atoms with Crippen LogP contribution in [0.2, 0.25) is 0 Å². The Morgan fingerprint density at radius 3 is 1.67 bits per heavy atom. The fourth-order valence-electron chi connectivity index (χ4n) is 0. The van der Waals surface area contributed by atoms with Gasteiger partial charge in [-0.2, -0.15) is 0 Å². The summed E-state index contributed by atoms with van der Waals surface area (Å²) in [7, 11) is 0. The minimum absolute atomic E-state index is 0. The summed E-state index contributed by atoms with van der Waals surface area (Å²) in [5.41, 5.74) is 0. The Labute approximate surface area is 69.0 Å². The molecule has 6 heavy (non-hydrogen) atoms. The van der Waals surface area contributed by atoms with Gasteiger partial charge in [0.15, 0.2) is 0 Å². The summed E-state index contributed by atoms with van der Waals surface area (Å²) < 4.78 is 0. The van der Waals surface area contributed by atoms with Crippen LogP contribution in [0.1, 0.15) is 6.92 Å². The van der Waals surface area contributed by atoms with Gasteiger partial charge in [0.2, 0.25) is 0 Å². The monoisotopic (exact) mass is 162 g/mol. The first-order valence-electron chi connectivity index (χ1n) is 0.928. The van der Waals surface area contributed by atoms with Crippen molar-refractivity contribution in [3.05, 3.63) is 0 Å². The second kappa shape index (κ2) is 9.34. The Kier molecular flexibility index (Phi) is 24.6. The number of halogens is 1. The molecule has 0 aromatic rings. The minimum Gasteiger partial charge on any atom is -1.00 e. The SMILES string of the molecule is CC(=O)O.[Br-].[Na+]. The Morgan fingerprint density at radius 1 is 1.67 bits per heavy atom. The Balaban J connectivity index is -0.0000000450. The van der Waals surface area contributed by atoms with E-state index in [0.29, 0.717) is 0 Å². The van der Waals surface area contributed by atoms with Crippen molar-refractivity contribution in [2.45, 2.75) is 6.92 Å². The molecule has 0 spiro atoms. The van der Waals surface area contributed by atoms with Crippen LogP contribution in [0.25, 0.3) is 0 Å². The predicted octanol–water partition coefficient (Wildman–Crippen LogP) is -5.90. The molecular formula is C2H4BrNaO2. The minimum atomic E-state index is -0.833. The normalized spacial score (nSPS) is 4.17. The molecule has 0 heterocycles. The zero-order valence-corrected chi connectivity index (χ0v) is 7.32. The van der Waals surface area contributed by atoms with Crippen molar-refractivity contribution in [3.63, 3.8) is 0 Å². The van der Waals surface area contributed by atoms with Gasteiger partial charge in [-0.3, -0.25) is 4.79 Å². The Bertz CT molecular complexity index is 34.5. The molecule has 32 valence electrons. The molecule has 0 amide bonds.